The minimum atomic E-state index is -0.162. The molecule has 1 N–H and O–H groups in total. The van der Waals surface area contributed by atoms with Crippen LogP contribution in [0.2, 0.25) is 0 Å². The van der Waals surface area contributed by atoms with Gasteiger partial charge in [0, 0.05) is 30.9 Å². The third-order valence-corrected chi connectivity index (χ3v) is 5.25. The second-order valence-corrected chi connectivity index (χ2v) is 7.11. The molecular weight excluding hydrogens is 340 g/mol. The van der Waals surface area contributed by atoms with Gasteiger partial charge in [-0.3, -0.25) is 9.59 Å². The number of amides is 2. The smallest absolute Gasteiger partial charge is 0.291 e. The second kappa shape index (κ2) is 7.31. The molecular formula is C21H22N4O2. The molecule has 0 saturated heterocycles. The number of hydrogen-bond acceptors (Lipinski definition) is 3. The molecule has 1 aliphatic carbocycles. The van der Waals surface area contributed by atoms with E-state index in [0.29, 0.717) is 12.1 Å². The van der Waals surface area contributed by atoms with Crippen LogP contribution in [0.15, 0.2) is 64.0 Å². The number of nitrogens with zero attached hydrogens (tertiary/aromatic N) is 3. The highest BCUT2D eigenvalue weighted by atomic mass is 16.2. The number of carbonyl (C=O) groups excluding carboxylic acids is 2. The molecule has 1 aromatic heterocycles. The van der Waals surface area contributed by atoms with E-state index in [1.165, 1.54) is 0 Å². The first-order valence-electron chi connectivity index (χ1n) is 9.30. The monoisotopic (exact) mass is 362 g/mol. The van der Waals surface area contributed by atoms with Gasteiger partial charge in [0.1, 0.15) is 5.69 Å². The van der Waals surface area contributed by atoms with E-state index < -0.39 is 0 Å². The van der Waals surface area contributed by atoms with Crippen LogP contribution in [0.4, 0.5) is 5.69 Å². The van der Waals surface area contributed by atoms with Crippen molar-refractivity contribution in [2.24, 2.45) is 17.3 Å². The SMILES string of the molecule is Cn1cccc1C(=O)Nc1cccc(CC2N=NC(=O)C3=C2CCCC3)c1. The van der Waals surface area contributed by atoms with Crippen LogP contribution in [-0.2, 0) is 18.3 Å². The highest BCUT2D eigenvalue weighted by Gasteiger charge is 2.28. The van der Waals surface area contributed by atoms with Crippen molar-refractivity contribution in [3.8, 4) is 0 Å². The maximum Gasteiger partial charge on any atom is 0.291 e. The van der Waals surface area contributed by atoms with E-state index in [1.807, 2.05) is 43.6 Å². The predicted molar refractivity (Wildman–Crippen MR) is 103 cm³/mol. The van der Waals surface area contributed by atoms with E-state index in [2.05, 4.69) is 15.5 Å². The van der Waals surface area contributed by atoms with Gasteiger partial charge in [-0.15, -0.1) is 5.11 Å². The van der Waals surface area contributed by atoms with E-state index in [1.54, 1.807) is 10.6 Å². The topological polar surface area (TPSA) is 75.8 Å². The normalized spacial score (nSPS) is 19.1. The number of hydrogen-bond donors (Lipinski definition) is 1. The minimum absolute atomic E-state index is 0.0724. The van der Waals surface area contributed by atoms with E-state index in [4.69, 9.17) is 0 Å². The fraction of sp³-hybridized carbons (Fsp3) is 0.333. The molecule has 2 aliphatic rings. The number of anilines is 1. The number of nitrogens with one attached hydrogen (secondary N) is 1. The summed E-state index contributed by atoms with van der Waals surface area (Å²) in [6, 6.07) is 11.4. The van der Waals surface area contributed by atoms with Gasteiger partial charge in [0.25, 0.3) is 11.8 Å². The second-order valence-electron chi connectivity index (χ2n) is 7.11. The predicted octanol–water partition coefficient (Wildman–Crippen LogP) is 4.05. The highest BCUT2D eigenvalue weighted by Crippen LogP contribution is 2.33. The van der Waals surface area contributed by atoms with Crippen molar-refractivity contribution in [2.45, 2.75) is 38.1 Å². The summed E-state index contributed by atoms with van der Waals surface area (Å²) in [5, 5.41) is 11.1. The Labute approximate surface area is 158 Å². The van der Waals surface area contributed by atoms with Gasteiger partial charge in [0.15, 0.2) is 0 Å². The average Bonchev–Trinajstić information content (AvgIpc) is 3.11. The molecule has 2 aromatic rings. The quantitative estimate of drug-likeness (QED) is 0.891. The summed E-state index contributed by atoms with van der Waals surface area (Å²) in [7, 11) is 1.84. The fourth-order valence-electron chi connectivity index (χ4n) is 3.85. The minimum Gasteiger partial charge on any atom is -0.347 e. The van der Waals surface area contributed by atoms with Crippen molar-refractivity contribution in [3.63, 3.8) is 0 Å². The van der Waals surface area contributed by atoms with Gasteiger partial charge in [0.2, 0.25) is 0 Å². The first-order chi connectivity index (χ1) is 13.1. The Morgan fingerprint density at radius 2 is 2.07 bits per heavy atom. The lowest BCUT2D eigenvalue weighted by molar-refractivity contribution is -0.115. The van der Waals surface area contributed by atoms with Gasteiger partial charge in [0.05, 0.1) is 6.04 Å². The molecule has 2 amide bonds. The Balaban J connectivity index is 1.51. The van der Waals surface area contributed by atoms with Gasteiger partial charge in [-0.1, -0.05) is 12.1 Å². The lowest BCUT2D eigenvalue weighted by Gasteiger charge is -2.25. The molecule has 1 aliphatic heterocycles. The molecule has 2 heterocycles. The number of aromatic nitrogens is 1. The molecule has 0 saturated carbocycles. The van der Waals surface area contributed by atoms with Crippen molar-refractivity contribution in [1.82, 2.24) is 4.57 Å². The Morgan fingerprint density at radius 3 is 2.89 bits per heavy atom. The molecule has 1 aromatic carbocycles. The molecule has 1 atom stereocenters. The van der Waals surface area contributed by atoms with Gasteiger partial charge in [-0.2, -0.15) is 5.11 Å². The molecule has 0 fully saturated rings. The summed E-state index contributed by atoms with van der Waals surface area (Å²) >= 11 is 0. The Kier molecular flexibility index (Phi) is 4.71. The molecule has 1 unspecified atom stereocenters. The third-order valence-electron chi connectivity index (χ3n) is 5.25. The van der Waals surface area contributed by atoms with Gasteiger partial charge in [-0.25, -0.2) is 0 Å². The van der Waals surface area contributed by atoms with E-state index in [-0.39, 0.29) is 17.9 Å². The standard InChI is InChI=1S/C21H22N4O2/c1-25-11-5-10-19(25)21(27)22-15-7-4-6-14(12-15)13-18-16-8-2-3-9-17(16)20(26)24-23-18/h4-7,10-12,18H,2-3,8-9,13H2,1H3,(H,22,27). The lowest BCUT2D eigenvalue weighted by Crippen LogP contribution is -2.23. The molecule has 0 spiro atoms. The molecule has 4 rings (SSSR count). The molecule has 27 heavy (non-hydrogen) atoms. The molecule has 6 nitrogen and oxygen atoms in total. The van der Waals surface area contributed by atoms with Crippen LogP contribution < -0.4 is 5.32 Å². The Morgan fingerprint density at radius 1 is 1.22 bits per heavy atom. The van der Waals surface area contributed by atoms with Crippen LogP contribution in [0.25, 0.3) is 0 Å². The van der Waals surface area contributed by atoms with Gasteiger partial charge in [-0.05, 0) is 61.1 Å². The summed E-state index contributed by atoms with van der Waals surface area (Å²) in [6.07, 6.45) is 6.42. The summed E-state index contributed by atoms with van der Waals surface area (Å²) < 4.78 is 1.79. The third kappa shape index (κ3) is 3.60. The number of benzene rings is 1. The van der Waals surface area contributed by atoms with Crippen molar-refractivity contribution in [1.29, 1.82) is 0 Å². The summed E-state index contributed by atoms with van der Waals surface area (Å²) in [6.45, 7) is 0. The molecule has 0 bridgehead atoms. The van der Waals surface area contributed by atoms with Crippen LogP contribution in [-0.4, -0.2) is 22.4 Å². The van der Waals surface area contributed by atoms with Crippen molar-refractivity contribution >= 4 is 17.5 Å². The van der Waals surface area contributed by atoms with Crippen molar-refractivity contribution < 1.29 is 9.59 Å². The van der Waals surface area contributed by atoms with Gasteiger partial charge >= 0.3 is 0 Å². The average molecular weight is 362 g/mol. The van der Waals surface area contributed by atoms with Crippen LogP contribution >= 0.6 is 0 Å². The van der Waals surface area contributed by atoms with Crippen LogP contribution in [0.5, 0.6) is 0 Å². The number of aryl methyl sites for hydroxylation is 1. The summed E-state index contributed by atoms with van der Waals surface area (Å²) in [5.41, 5.74) is 4.45. The van der Waals surface area contributed by atoms with Crippen molar-refractivity contribution in [3.05, 3.63) is 65.0 Å². The largest absolute Gasteiger partial charge is 0.347 e. The summed E-state index contributed by atoms with van der Waals surface area (Å²) in [5.74, 6) is -0.301. The molecule has 138 valence electrons. The first kappa shape index (κ1) is 17.4. The van der Waals surface area contributed by atoms with Crippen molar-refractivity contribution in [2.75, 3.05) is 5.32 Å². The highest BCUT2D eigenvalue weighted by molar-refractivity contribution is 6.03. The number of azo groups is 1. The lowest BCUT2D eigenvalue weighted by atomic mass is 9.84. The maximum atomic E-state index is 12.4. The molecule has 0 radical (unpaired) electrons. The van der Waals surface area contributed by atoms with E-state index in [0.717, 1.165) is 48.1 Å². The van der Waals surface area contributed by atoms with E-state index >= 15 is 0 Å². The van der Waals surface area contributed by atoms with Gasteiger partial charge < -0.3 is 9.88 Å². The van der Waals surface area contributed by atoms with Crippen LogP contribution in [0.1, 0.15) is 41.7 Å². The molecule has 6 heteroatoms. The number of carbonyl (C=O) groups is 2. The van der Waals surface area contributed by atoms with E-state index in [9.17, 15) is 9.59 Å². The first-order valence-corrected chi connectivity index (χ1v) is 9.30. The fourth-order valence-corrected chi connectivity index (χ4v) is 3.85. The Bertz CT molecular complexity index is 955. The summed E-state index contributed by atoms with van der Waals surface area (Å²) in [4.78, 5) is 24.4. The maximum absolute atomic E-state index is 12.4. The zero-order valence-corrected chi connectivity index (χ0v) is 15.3. The van der Waals surface area contributed by atoms with Crippen LogP contribution in [0.3, 0.4) is 0 Å². The zero-order chi connectivity index (χ0) is 18.8. The van der Waals surface area contributed by atoms with Crippen LogP contribution in [0, 0.1) is 0 Å². The number of rotatable bonds is 4. The Hall–Kier alpha value is -3.02. The zero-order valence-electron chi connectivity index (χ0n) is 15.3.